The molecule has 0 heterocycles. The zero-order valence-corrected chi connectivity index (χ0v) is 14.8. The Morgan fingerprint density at radius 1 is 1.35 bits per heavy atom. The summed E-state index contributed by atoms with van der Waals surface area (Å²) in [6.07, 6.45) is 1.29. The Balaban J connectivity index is 4.96. The van der Waals surface area contributed by atoms with Gasteiger partial charge in [0.1, 0.15) is 4.32 Å². The van der Waals surface area contributed by atoms with Crippen LogP contribution in [-0.4, -0.2) is 29.7 Å². The summed E-state index contributed by atoms with van der Waals surface area (Å²) in [5.74, 6) is -0.418. The molecule has 0 N–H and O–H groups in total. The second kappa shape index (κ2) is 7.33. The van der Waals surface area contributed by atoms with Crippen molar-refractivity contribution in [3.63, 3.8) is 0 Å². The van der Waals surface area contributed by atoms with E-state index in [0.717, 1.165) is 6.42 Å². The van der Waals surface area contributed by atoms with Crippen molar-refractivity contribution >= 4 is 51.5 Å². The zero-order chi connectivity index (χ0) is 13.7. The van der Waals surface area contributed by atoms with Gasteiger partial charge >= 0.3 is 13.4 Å². The van der Waals surface area contributed by atoms with E-state index in [1.807, 2.05) is 13.8 Å². The van der Waals surface area contributed by atoms with Crippen molar-refractivity contribution in [2.75, 3.05) is 6.61 Å². The fourth-order valence-electron chi connectivity index (χ4n) is 1.24. The number of hydrogen-bond donors (Lipinski definition) is 0. The van der Waals surface area contributed by atoms with Crippen molar-refractivity contribution in [2.24, 2.45) is 0 Å². The molecule has 0 aromatic rings. The van der Waals surface area contributed by atoms with E-state index in [-0.39, 0.29) is 0 Å². The highest BCUT2D eigenvalue weighted by Gasteiger charge is 2.45. The summed E-state index contributed by atoms with van der Waals surface area (Å²) in [7, 11) is -2.33. The SMILES string of the molecule is CCCC(OCC)(OC(=O)C(C)(C)Br)[SiH](Cl)Cl. The fraction of sp³-hybridized carbons (Fsp3) is 0.900. The van der Waals surface area contributed by atoms with Gasteiger partial charge in [-0.15, -0.1) is 22.2 Å². The van der Waals surface area contributed by atoms with E-state index >= 15 is 0 Å². The molecule has 102 valence electrons. The topological polar surface area (TPSA) is 35.5 Å². The third-order valence-corrected chi connectivity index (χ3v) is 5.63. The number of ether oxygens (including phenoxy) is 2. The molecule has 7 heteroatoms. The normalized spacial score (nSPS) is 15.8. The average Bonchev–Trinajstić information content (AvgIpc) is 2.16. The molecule has 0 saturated carbocycles. The molecule has 17 heavy (non-hydrogen) atoms. The first-order valence-corrected chi connectivity index (χ1v) is 10.4. The molecule has 0 spiro atoms. The van der Waals surface area contributed by atoms with Crippen LogP contribution in [0, 0.1) is 0 Å². The maximum atomic E-state index is 11.9. The van der Waals surface area contributed by atoms with Crippen LogP contribution in [0.25, 0.3) is 0 Å². The van der Waals surface area contributed by atoms with Gasteiger partial charge in [-0.05, 0) is 20.8 Å². The number of halogens is 3. The van der Waals surface area contributed by atoms with Gasteiger partial charge in [0.25, 0.3) is 0 Å². The molecule has 0 aromatic carbocycles. The van der Waals surface area contributed by atoms with Gasteiger partial charge in [0, 0.05) is 13.0 Å². The molecule has 0 fully saturated rings. The highest BCUT2D eigenvalue weighted by molar-refractivity contribution is 9.10. The summed E-state index contributed by atoms with van der Waals surface area (Å²) in [6.45, 7) is 7.60. The fourth-order valence-corrected chi connectivity index (χ4v) is 3.62. The van der Waals surface area contributed by atoms with Gasteiger partial charge < -0.3 is 9.47 Å². The quantitative estimate of drug-likeness (QED) is 0.228. The highest BCUT2D eigenvalue weighted by Crippen LogP contribution is 2.31. The molecule has 0 aliphatic carbocycles. The lowest BCUT2D eigenvalue weighted by molar-refractivity contribution is -0.198. The maximum absolute atomic E-state index is 11.9. The van der Waals surface area contributed by atoms with Gasteiger partial charge in [0.05, 0.1) is 0 Å². The largest absolute Gasteiger partial charge is 0.433 e. The molecule has 1 unspecified atom stereocenters. The van der Waals surface area contributed by atoms with Crippen LogP contribution >= 0.6 is 38.1 Å². The molecule has 0 saturated heterocycles. The van der Waals surface area contributed by atoms with E-state index in [0.29, 0.717) is 13.0 Å². The van der Waals surface area contributed by atoms with E-state index in [1.165, 1.54) is 0 Å². The Hall–Kier alpha value is 0.707. The molecule has 0 rings (SSSR count). The minimum absolute atomic E-state index is 0.402. The predicted molar refractivity (Wildman–Crippen MR) is 77.2 cm³/mol. The minimum atomic E-state index is -2.33. The van der Waals surface area contributed by atoms with Crippen molar-refractivity contribution in [2.45, 2.75) is 50.3 Å². The Labute approximate surface area is 122 Å². The van der Waals surface area contributed by atoms with E-state index in [1.54, 1.807) is 13.8 Å². The smallest absolute Gasteiger partial charge is 0.324 e. The lowest BCUT2D eigenvalue weighted by Crippen LogP contribution is -2.49. The van der Waals surface area contributed by atoms with Gasteiger partial charge in [0.15, 0.2) is 0 Å². The Morgan fingerprint density at radius 3 is 2.18 bits per heavy atom. The van der Waals surface area contributed by atoms with Crippen LogP contribution in [0.3, 0.4) is 0 Å². The Morgan fingerprint density at radius 2 is 1.88 bits per heavy atom. The van der Waals surface area contributed by atoms with Crippen LogP contribution in [-0.2, 0) is 14.3 Å². The number of carbonyl (C=O) groups is 1. The number of alkyl halides is 1. The van der Waals surface area contributed by atoms with Crippen LogP contribution < -0.4 is 0 Å². The highest BCUT2D eigenvalue weighted by atomic mass is 79.9. The lowest BCUT2D eigenvalue weighted by atomic mass is 10.2. The molecule has 1 atom stereocenters. The van der Waals surface area contributed by atoms with Gasteiger partial charge in [-0.1, -0.05) is 29.3 Å². The summed E-state index contributed by atoms with van der Waals surface area (Å²) < 4.78 is 10.2. The first-order valence-electron chi connectivity index (χ1n) is 5.54. The summed E-state index contributed by atoms with van der Waals surface area (Å²) in [6, 6.07) is 0. The van der Waals surface area contributed by atoms with Gasteiger partial charge in [-0.25, -0.2) is 0 Å². The monoisotopic (exact) mass is 364 g/mol. The summed E-state index contributed by atoms with van der Waals surface area (Å²) in [5, 5.41) is 0. The number of carbonyl (C=O) groups excluding carboxylic acids is 1. The maximum Gasteiger partial charge on any atom is 0.324 e. The van der Waals surface area contributed by atoms with Crippen LogP contribution in [0.1, 0.15) is 40.5 Å². The first kappa shape index (κ1) is 17.7. The Kier molecular flexibility index (Phi) is 7.64. The molecule has 0 aliphatic heterocycles. The third-order valence-electron chi connectivity index (χ3n) is 2.07. The van der Waals surface area contributed by atoms with Crippen LogP contribution in [0.2, 0.25) is 0 Å². The van der Waals surface area contributed by atoms with Gasteiger partial charge in [-0.3, -0.25) is 4.79 Å². The average molecular weight is 366 g/mol. The van der Waals surface area contributed by atoms with Crippen molar-refractivity contribution < 1.29 is 14.3 Å². The van der Waals surface area contributed by atoms with Crippen molar-refractivity contribution in [3.8, 4) is 0 Å². The second-order valence-corrected chi connectivity index (χ2v) is 10.9. The standard InChI is InChI=1S/C10H19BrCl2O3Si/c1-5-7-10(15-6-2,17(12)13)16-8(14)9(3,4)11/h17H,5-7H2,1-4H3. The summed E-state index contributed by atoms with van der Waals surface area (Å²) in [4.78, 5) is 11.9. The van der Waals surface area contributed by atoms with E-state index in [2.05, 4.69) is 15.9 Å². The summed E-state index contributed by atoms with van der Waals surface area (Å²) in [5.41, 5.74) is -1.13. The first-order chi connectivity index (χ1) is 7.69. The lowest BCUT2D eigenvalue weighted by Gasteiger charge is -2.35. The molecule has 3 nitrogen and oxygen atoms in total. The van der Waals surface area contributed by atoms with Crippen LogP contribution in [0.4, 0.5) is 0 Å². The van der Waals surface area contributed by atoms with Crippen LogP contribution in [0.15, 0.2) is 0 Å². The molecule has 0 aliphatic rings. The van der Waals surface area contributed by atoms with Crippen molar-refractivity contribution in [1.82, 2.24) is 0 Å². The van der Waals surface area contributed by atoms with Gasteiger partial charge in [-0.2, -0.15) is 0 Å². The van der Waals surface area contributed by atoms with E-state index < -0.39 is 23.1 Å². The summed E-state index contributed by atoms with van der Waals surface area (Å²) >= 11 is 15.3. The van der Waals surface area contributed by atoms with Crippen LogP contribution in [0.5, 0.6) is 0 Å². The molecular formula is C10H19BrCl2O3Si. The van der Waals surface area contributed by atoms with E-state index in [9.17, 15) is 4.79 Å². The third kappa shape index (κ3) is 5.47. The van der Waals surface area contributed by atoms with E-state index in [4.69, 9.17) is 31.6 Å². The number of hydrogen-bond acceptors (Lipinski definition) is 3. The Bertz CT molecular complexity index is 250. The zero-order valence-electron chi connectivity index (χ0n) is 10.6. The van der Waals surface area contributed by atoms with Crippen molar-refractivity contribution in [3.05, 3.63) is 0 Å². The predicted octanol–water partition coefficient (Wildman–Crippen LogP) is 3.47. The minimum Gasteiger partial charge on any atom is -0.433 e. The molecular weight excluding hydrogens is 347 g/mol. The molecule has 0 radical (unpaired) electrons. The number of rotatable bonds is 7. The molecule has 0 aromatic heterocycles. The number of esters is 1. The van der Waals surface area contributed by atoms with Crippen molar-refractivity contribution in [1.29, 1.82) is 0 Å². The second-order valence-electron chi connectivity index (χ2n) is 4.16. The molecule has 0 bridgehead atoms. The van der Waals surface area contributed by atoms with Gasteiger partial charge in [0.2, 0.25) is 5.41 Å². The molecule has 0 amide bonds.